The normalized spacial score (nSPS) is 16.8. The van der Waals surface area contributed by atoms with Crippen molar-refractivity contribution in [3.05, 3.63) is 16.0 Å². The monoisotopic (exact) mass is 351 g/mol. The molecule has 4 nitrogen and oxygen atoms in total. The van der Waals surface area contributed by atoms with Crippen molar-refractivity contribution in [2.24, 2.45) is 11.8 Å². The standard InChI is InChI=1S/C19H29NO3S/c1-5-7-13-8-9-14-15(11-13)24-18(17(14)19(22)23-6-2)20-16(21)10-12(3)4/h12-13H,5-11H2,1-4H3,(H,20,21)/t13-/m0/s1. The van der Waals surface area contributed by atoms with Crippen LogP contribution in [0.1, 0.15) is 74.2 Å². The zero-order valence-corrected chi connectivity index (χ0v) is 16.1. The molecule has 0 fully saturated rings. The maximum atomic E-state index is 12.4. The Labute approximate surface area is 149 Å². The lowest BCUT2D eigenvalue weighted by Gasteiger charge is -2.21. The van der Waals surface area contributed by atoms with Gasteiger partial charge < -0.3 is 10.1 Å². The maximum absolute atomic E-state index is 12.4. The molecule has 1 atom stereocenters. The van der Waals surface area contributed by atoms with E-state index in [1.165, 1.54) is 17.7 Å². The van der Waals surface area contributed by atoms with Gasteiger partial charge in [-0.3, -0.25) is 4.79 Å². The third kappa shape index (κ3) is 4.59. The van der Waals surface area contributed by atoms with E-state index in [1.54, 1.807) is 11.3 Å². The van der Waals surface area contributed by atoms with E-state index >= 15 is 0 Å². The number of thiophene rings is 1. The highest BCUT2D eigenvalue weighted by atomic mass is 32.1. The van der Waals surface area contributed by atoms with Crippen LogP contribution in [0.3, 0.4) is 0 Å². The number of fused-ring (bicyclic) bond motifs is 1. The van der Waals surface area contributed by atoms with E-state index in [1.807, 2.05) is 20.8 Å². The van der Waals surface area contributed by atoms with Gasteiger partial charge in [-0.1, -0.05) is 33.6 Å². The highest BCUT2D eigenvalue weighted by Gasteiger charge is 2.30. The molecule has 1 aliphatic rings. The molecule has 0 spiro atoms. The zero-order valence-electron chi connectivity index (χ0n) is 15.2. The second-order valence-electron chi connectivity index (χ2n) is 6.97. The molecule has 5 heteroatoms. The van der Waals surface area contributed by atoms with Gasteiger partial charge in [-0.2, -0.15) is 0 Å². The lowest BCUT2D eigenvalue weighted by atomic mass is 9.84. The van der Waals surface area contributed by atoms with Crippen LogP contribution < -0.4 is 5.32 Å². The average molecular weight is 352 g/mol. The largest absolute Gasteiger partial charge is 0.462 e. The molecule has 2 rings (SSSR count). The van der Waals surface area contributed by atoms with Gasteiger partial charge in [0.2, 0.25) is 5.91 Å². The van der Waals surface area contributed by atoms with E-state index < -0.39 is 0 Å². The first-order chi connectivity index (χ1) is 11.5. The van der Waals surface area contributed by atoms with E-state index in [9.17, 15) is 9.59 Å². The summed E-state index contributed by atoms with van der Waals surface area (Å²) in [6, 6.07) is 0. The minimum Gasteiger partial charge on any atom is -0.462 e. The Morgan fingerprint density at radius 3 is 2.71 bits per heavy atom. The van der Waals surface area contributed by atoms with Crippen molar-refractivity contribution in [3.63, 3.8) is 0 Å². The van der Waals surface area contributed by atoms with Gasteiger partial charge in [0.25, 0.3) is 0 Å². The quantitative estimate of drug-likeness (QED) is 0.717. The number of amides is 1. The molecule has 134 valence electrons. The van der Waals surface area contributed by atoms with Gasteiger partial charge >= 0.3 is 5.97 Å². The Bertz CT molecular complexity index is 592. The number of nitrogens with one attached hydrogen (secondary N) is 1. The Balaban J connectivity index is 2.28. The molecule has 0 aromatic carbocycles. The number of ether oxygens (including phenoxy) is 1. The van der Waals surface area contributed by atoms with Crippen molar-refractivity contribution in [1.29, 1.82) is 0 Å². The van der Waals surface area contributed by atoms with Crippen molar-refractivity contribution in [1.82, 2.24) is 0 Å². The lowest BCUT2D eigenvalue weighted by molar-refractivity contribution is -0.116. The van der Waals surface area contributed by atoms with Crippen LogP contribution in [0.5, 0.6) is 0 Å². The number of anilines is 1. The number of esters is 1. The van der Waals surface area contributed by atoms with Crippen LogP contribution in [0.4, 0.5) is 5.00 Å². The third-order valence-corrected chi connectivity index (χ3v) is 5.56. The van der Waals surface area contributed by atoms with Crippen LogP contribution >= 0.6 is 11.3 Å². The summed E-state index contributed by atoms with van der Waals surface area (Å²) in [6.07, 6.45) is 5.91. The van der Waals surface area contributed by atoms with Crippen molar-refractivity contribution in [2.45, 2.75) is 66.2 Å². The molecule has 0 bridgehead atoms. The van der Waals surface area contributed by atoms with Crippen molar-refractivity contribution < 1.29 is 14.3 Å². The summed E-state index contributed by atoms with van der Waals surface area (Å²) in [5, 5.41) is 3.65. The second-order valence-corrected chi connectivity index (χ2v) is 8.08. The average Bonchev–Trinajstić information content (AvgIpc) is 2.83. The minimum atomic E-state index is -0.302. The molecule has 0 saturated heterocycles. The van der Waals surface area contributed by atoms with Crippen LogP contribution in [0.15, 0.2) is 0 Å². The lowest BCUT2D eigenvalue weighted by Crippen LogP contribution is -2.18. The fourth-order valence-electron chi connectivity index (χ4n) is 3.36. The first-order valence-electron chi connectivity index (χ1n) is 9.07. The predicted molar refractivity (Wildman–Crippen MR) is 98.8 cm³/mol. The highest BCUT2D eigenvalue weighted by Crippen LogP contribution is 2.41. The molecule has 1 aliphatic carbocycles. The molecule has 0 aliphatic heterocycles. The van der Waals surface area contributed by atoms with Crippen LogP contribution in [-0.2, 0) is 22.4 Å². The summed E-state index contributed by atoms with van der Waals surface area (Å²) >= 11 is 1.57. The zero-order chi connectivity index (χ0) is 17.7. The molecule has 1 aromatic heterocycles. The Hall–Kier alpha value is -1.36. The SMILES string of the molecule is CCC[C@H]1CCc2c(sc(NC(=O)CC(C)C)c2C(=O)OCC)C1. The van der Waals surface area contributed by atoms with Gasteiger partial charge in [0.1, 0.15) is 5.00 Å². The van der Waals surface area contributed by atoms with E-state index in [-0.39, 0.29) is 11.9 Å². The smallest absolute Gasteiger partial charge is 0.341 e. The molecule has 0 radical (unpaired) electrons. The van der Waals surface area contributed by atoms with E-state index in [4.69, 9.17) is 4.74 Å². The summed E-state index contributed by atoms with van der Waals surface area (Å²) in [5.41, 5.74) is 1.70. The van der Waals surface area contributed by atoms with E-state index in [0.717, 1.165) is 24.8 Å². The van der Waals surface area contributed by atoms with Crippen LogP contribution in [0, 0.1) is 11.8 Å². The number of hydrogen-bond donors (Lipinski definition) is 1. The van der Waals surface area contributed by atoms with E-state index in [0.29, 0.717) is 35.4 Å². The van der Waals surface area contributed by atoms with Crippen LogP contribution in [0.2, 0.25) is 0 Å². The summed E-state index contributed by atoms with van der Waals surface area (Å²) in [6.45, 7) is 8.40. The number of carbonyl (C=O) groups excluding carboxylic acids is 2. The van der Waals surface area contributed by atoms with Crippen molar-refractivity contribution >= 4 is 28.2 Å². The Kier molecular flexibility index (Phi) is 6.84. The Morgan fingerprint density at radius 2 is 2.08 bits per heavy atom. The van der Waals surface area contributed by atoms with Gasteiger partial charge in [0.05, 0.1) is 12.2 Å². The molecule has 24 heavy (non-hydrogen) atoms. The van der Waals surface area contributed by atoms with Gasteiger partial charge in [0, 0.05) is 11.3 Å². The molecule has 0 saturated carbocycles. The fourth-order valence-corrected chi connectivity index (χ4v) is 4.73. The van der Waals surface area contributed by atoms with Gasteiger partial charge in [0.15, 0.2) is 0 Å². The van der Waals surface area contributed by atoms with E-state index in [2.05, 4.69) is 12.2 Å². The minimum absolute atomic E-state index is 0.0285. The predicted octanol–water partition coefficient (Wildman–Crippen LogP) is 4.81. The van der Waals surface area contributed by atoms with Crippen molar-refractivity contribution in [2.75, 3.05) is 11.9 Å². The molecular formula is C19H29NO3S. The fraction of sp³-hybridized carbons (Fsp3) is 0.684. The first kappa shape index (κ1) is 19.0. The molecule has 1 aromatic rings. The molecule has 0 unspecified atom stereocenters. The van der Waals surface area contributed by atoms with Gasteiger partial charge in [-0.05, 0) is 43.6 Å². The number of rotatable bonds is 7. The molecule has 1 amide bonds. The molecule has 1 N–H and O–H groups in total. The first-order valence-corrected chi connectivity index (χ1v) is 9.89. The summed E-state index contributed by atoms with van der Waals surface area (Å²) in [7, 11) is 0. The highest BCUT2D eigenvalue weighted by molar-refractivity contribution is 7.17. The van der Waals surface area contributed by atoms with Crippen molar-refractivity contribution in [3.8, 4) is 0 Å². The third-order valence-electron chi connectivity index (χ3n) is 4.39. The topological polar surface area (TPSA) is 55.4 Å². The second kappa shape index (κ2) is 8.65. The number of hydrogen-bond acceptors (Lipinski definition) is 4. The molecular weight excluding hydrogens is 322 g/mol. The van der Waals surface area contributed by atoms with Crippen LogP contribution in [-0.4, -0.2) is 18.5 Å². The summed E-state index contributed by atoms with van der Waals surface area (Å²) < 4.78 is 5.25. The van der Waals surface area contributed by atoms with Gasteiger partial charge in [-0.15, -0.1) is 11.3 Å². The molecule has 1 heterocycles. The van der Waals surface area contributed by atoms with Gasteiger partial charge in [-0.25, -0.2) is 4.79 Å². The van der Waals surface area contributed by atoms with Crippen LogP contribution in [0.25, 0.3) is 0 Å². The summed E-state index contributed by atoms with van der Waals surface area (Å²) in [5.74, 6) is 0.651. The Morgan fingerprint density at radius 1 is 1.33 bits per heavy atom. The maximum Gasteiger partial charge on any atom is 0.341 e. The number of carbonyl (C=O) groups is 2. The summed E-state index contributed by atoms with van der Waals surface area (Å²) in [4.78, 5) is 25.9.